The molecule has 0 radical (unpaired) electrons. The van der Waals surface area contributed by atoms with Crippen LogP contribution < -0.4 is 0 Å². The Labute approximate surface area is 145 Å². The molecule has 130 valence electrons. The Morgan fingerprint density at radius 1 is 1.17 bits per heavy atom. The average Bonchev–Trinajstić information content (AvgIpc) is 2.50. The fraction of sp³-hybridized carbons (Fsp3) is 0.714. The normalized spacial score (nSPS) is 41.2. The number of hydrogen-bond acceptors (Lipinski definition) is 2. The van der Waals surface area contributed by atoms with Crippen molar-refractivity contribution >= 4 is 5.91 Å². The summed E-state index contributed by atoms with van der Waals surface area (Å²) in [6, 6.07) is 5.99. The summed E-state index contributed by atoms with van der Waals surface area (Å²) in [6.07, 6.45) is 9.07. The summed E-state index contributed by atoms with van der Waals surface area (Å²) < 4.78 is 0. The summed E-state index contributed by atoms with van der Waals surface area (Å²) in [4.78, 5) is 20.0. The molecule has 1 aromatic heterocycles. The Morgan fingerprint density at radius 3 is 2.38 bits per heavy atom. The number of nitrogens with zero attached hydrogens (tertiary/aromatic N) is 2. The number of hydrogen-bond donors (Lipinski definition) is 0. The summed E-state index contributed by atoms with van der Waals surface area (Å²) in [5, 5.41) is 0. The van der Waals surface area contributed by atoms with Gasteiger partial charge in [0.1, 0.15) is 0 Å². The van der Waals surface area contributed by atoms with Crippen LogP contribution in [-0.2, 0) is 4.79 Å². The van der Waals surface area contributed by atoms with Crippen molar-refractivity contribution in [2.75, 3.05) is 7.05 Å². The first-order valence-electron chi connectivity index (χ1n) is 9.43. The highest BCUT2D eigenvalue weighted by Crippen LogP contribution is 2.69. The molecule has 1 heterocycles. The highest BCUT2D eigenvalue weighted by atomic mass is 16.2. The number of rotatable bonds is 3. The third kappa shape index (κ3) is 2.39. The lowest BCUT2D eigenvalue weighted by Crippen LogP contribution is -2.60. The molecule has 5 rings (SSSR count). The second-order valence-electron chi connectivity index (χ2n) is 9.76. The van der Waals surface area contributed by atoms with Crippen LogP contribution in [0.4, 0.5) is 0 Å². The molecule has 0 N–H and O–H groups in total. The SMILES string of the molecule is C[C@@H](c1ccccn1)N(C)C(=O)C12CC3C[C@@](C)(C1)C[C@@](C)(C3)C2. The maximum atomic E-state index is 13.6. The predicted octanol–water partition coefficient (Wildman–Crippen LogP) is 4.60. The number of amides is 1. The van der Waals surface area contributed by atoms with E-state index in [0.717, 1.165) is 30.9 Å². The lowest BCUT2D eigenvalue weighted by atomic mass is 9.40. The van der Waals surface area contributed by atoms with Crippen LogP contribution in [0.15, 0.2) is 24.4 Å². The lowest BCUT2D eigenvalue weighted by Gasteiger charge is -2.65. The quantitative estimate of drug-likeness (QED) is 0.813. The van der Waals surface area contributed by atoms with Crippen LogP contribution in [0, 0.1) is 22.2 Å². The van der Waals surface area contributed by atoms with Crippen LogP contribution >= 0.6 is 0 Å². The molecule has 0 unspecified atom stereocenters. The summed E-state index contributed by atoms with van der Waals surface area (Å²) in [7, 11) is 1.98. The van der Waals surface area contributed by atoms with Crippen LogP contribution in [0.25, 0.3) is 0 Å². The zero-order chi connectivity index (χ0) is 17.2. The molecule has 4 bridgehead atoms. The first-order chi connectivity index (χ1) is 11.2. The standard InChI is InChI=1S/C21H30N2O/c1-15(17-7-5-6-8-22-17)23(4)18(24)21-11-16-9-19(2,13-21)12-20(3,10-16)14-21/h5-8,15-16H,9-14H2,1-4H3/t15-,16?,19+,20+,21?/m0/s1. The van der Waals surface area contributed by atoms with Crippen molar-refractivity contribution < 1.29 is 4.79 Å². The molecule has 1 amide bonds. The van der Waals surface area contributed by atoms with Crippen molar-refractivity contribution in [3.05, 3.63) is 30.1 Å². The second kappa shape index (κ2) is 5.06. The summed E-state index contributed by atoms with van der Waals surface area (Å²) in [5.74, 6) is 1.11. The van der Waals surface area contributed by atoms with E-state index in [2.05, 4.69) is 25.8 Å². The summed E-state index contributed by atoms with van der Waals surface area (Å²) in [5.41, 5.74) is 1.61. The fourth-order valence-electron chi connectivity index (χ4n) is 7.06. The molecular weight excluding hydrogens is 296 g/mol. The van der Waals surface area contributed by atoms with Crippen LogP contribution in [0.1, 0.15) is 71.0 Å². The van der Waals surface area contributed by atoms with Gasteiger partial charge in [0.15, 0.2) is 0 Å². The summed E-state index contributed by atoms with van der Waals surface area (Å²) in [6.45, 7) is 6.96. The van der Waals surface area contributed by atoms with Crippen LogP contribution in [0.5, 0.6) is 0 Å². The molecule has 24 heavy (non-hydrogen) atoms. The number of carbonyl (C=O) groups excluding carboxylic acids is 1. The van der Waals surface area contributed by atoms with Crippen molar-refractivity contribution in [1.29, 1.82) is 0 Å². The highest BCUT2D eigenvalue weighted by molar-refractivity contribution is 5.83. The van der Waals surface area contributed by atoms with Crippen LogP contribution in [0.3, 0.4) is 0 Å². The van der Waals surface area contributed by atoms with Gasteiger partial charge in [0.2, 0.25) is 5.91 Å². The van der Waals surface area contributed by atoms with Gasteiger partial charge >= 0.3 is 0 Å². The zero-order valence-electron chi connectivity index (χ0n) is 15.5. The van der Waals surface area contributed by atoms with Gasteiger partial charge in [0, 0.05) is 13.2 Å². The Bertz CT molecular complexity index is 637. The van der Waals surface area contributed by atoms with E-state index in [0.29, 0.717) is 16.7 Å². The van der Waals surface area contributed by atoms with Gasteiger partial charge in [-0.1, -0.05) is 19.9 Å². The summed E-state index contributed by atoms with van der Waals surface area (Å²) >= 11 is 0. The number of pyridine rings is 1. The number of aromatic nitrogens is 1. The minimum Gasteiger partial charge on any atom is -0.337 e. The Balaban J connectivity index is 1.62. The van der Waals surface area contributed by atoms with E-state index in [1.54, 1.807) is 0 Å². The smallest absolute Gasteiger partial charge is 0.229 e. The first kappa shape index (κ1) is 16.1. The molecule has 4 fully saturated rings. The maximum Gasteiger partial charge on any atom is 0.229 e. The Morgan fingerprint density at radius 2 is 1.83 bits per heavy atom. The van der Waals surface area contributed by atoms with Gasteiger partial charge in [-0.25, -0.2) is 0 Å². The highest BCUT2D eigenvalue weighted by Gasteiger charge is 2.63. The van der Waals surface area contributed by atoms with Crippen LogP contribution in [0.2, 0.25) is 0 Å². The molecule has 3 atom stereocenters. The monoisotopic (exact) mass is 326 g/mol. The molecule has 0 spiro atoms. The molecule has 4 saturated carbocycles. The van der Waals surface area contributed by atoms with Gasteiger partial charge in [-0.3, -0.25) is 9.78 Å². The Hall–Kier alpha value is -1.38. The average molecular weight is 326 g/mol. The van der Waals surface area contributed by atoms with E-state index in [1.165, 1.54) is 19.3 Å². The minimum atomic E-state index is -0.124. The molecule has 0 aromatic carbocycles. The van der Waals surface area contributed by atoms with Crippen LogP contribution in [-0.4, -0.2) is 22.8 Å². The van der Waals surface area contributed by atoms with Gasteiger partial charge in [0.05, 0.1) is 17.2 Å². The van der Waals surface area contributed by atoms with Gasteiger partial charge < -0.3 is 4.90 Å². The van der Waals surface area contributed by atoms with Crippen molar-refractivity contribution in [2.24, 2.45) is 22.2 Å². The Kier molecular flexibility index (Phi) is 3.40. The lowest BCUT2D eigenvalue weighted by molar-refractivity contribution is -0.180. The van der Waals surface area contributed by atoms with Gasteiger partial charge in [0.25, 0.3) is 0 Å². The van der Waals surface area contributed by atoms with Crippen molar-refractivity contribution in [1.82, 2.24) is 9.88 Å². The third-order valence-corrected chi connectivity index (χ3v) is 7.10. The predicted molar refractivity (Wildman–Crippen MR) is 95.3 cm³/mol. The molecule has 3 nitrogen and oxygen atoms in total. The van der Waals surface area contributed by atoms with E-state index in [1.807, 2.05) is 36.3 Å². The third-order valence-electron chi connectivity index (χ3n) is 7.10. The van der Waals surface area contributed by atoms with E-state index < -0.39 is 0 Å². The van der Waals surface area contributed by atoms with E-state index in [9.17, 15) is 4.79 Å². The number of carbonyl (C=O) groups is 1. The second-order valence-corrected chi connectivity index (χ2v) is 9.76. The topological polar surface area (TPSA) is 33.2 Å². The van der Waals surface area contributed by atoms with Crippen molar-refractivity contribution in [3.8, 4) is 0 Å². The maximum absolute atomic E-state index is 13.6. The molecule has 0 saturated heterocycles. The zero-order valence-corrected chi connectivity index (χ0v) is 15.5. The first-order valence-corrected chi connectivity index (χ1v) is 9.43. The molecule has 3 heteroatoms. The van der Waals surface area contributed by atoms with Crippen molar-refractivity contribution in [2.45, 2.75) is 65.3 Å². The largest absolute Gasteiger partial charge is 0.337 e. The molecule has 0 aliphatic heterocycles. The fourth-order valence-corrected chi connectivity index (χ4v) is 7.06. The van der Waals surface area contributed by atoms with Gasteiger partial charge in [-0.2, -0.15) is 0 Å². The van der Waals surface area contributed by atoms with Gasteiger partial charge in [-0.15, -0.1) is 0 Å². The van der Waals surface area contributed by atoms with E-state index >= 15 is 0 Å². The van der Waals surface area contributed by atoms with Gasteiger partial charge in [-0.05, 0) is 74.3 Å². The van der Waals surface area contributed by atoms with E-state index in [4.69, 9.17) is 0 Å². The molecular formula is C21H30N2O. The minimum absolute atomic E-state index is 0.0346. The molecule has 4 aliphatic rings. The molecule has 1 aromatic rings. The van der Waals surface area contributed by atoms with E-state index in [-0.39, 0.29) is 11.5 Å². The van der Waals surface area contributed by atoms with Crippen molar-refractivity contribution in [3.63, 3.8) is 0 Å². The molecule has 4 aliphatic carbocycles.